The van der Waals surface area contributed by atoms with Crippen LogP contribution in [0, 0.1) is 10.1 Å². The molecule has 8 rings (SSSR count). The summed E-state index contributed by atoms with van der Waals surface area (Å²) in [5.41, 5.74) is 6.75. The third kappa shape index (κ3) is 10.9. The lowest BCUT2D eigenvalue weighted by atomic mass is 10.2. The van der Waals surface area contributed by atoms with Gasteiger partial charge in [-0.1, -0.05) is 83.9 Å². The molecule has 0 spiro atoms. The topological polar surface area (TPSA) is 239 Å². The van der Waals surface area contributed by atoms with Gasteiger partial charge in [-0.25, -0.2) is 16.8 Å². The van der Waals surface area contributed by atoms with Gasteiger partial charge >= 0.3 is 11.4 Å². The molecule has 2 aromatic heterocycles. The van der Waals surface area contributed by atoms with Gasteiger partial charge in [0.2, 0.25) is 20.0 Å². The van der Waals surface area contributed by atoms with Crippen LogP contribution in [0.4, 0.5) is 23.0 Å². The predicted molar refractivity (Wildman–Crippen MR) is 241 cm³/mol. The largest absolute Gasteiger partial charge is 0.413 e. The molecule has 0 amide bonds. The summed E-state index contributed by atoms with van der Waals surface area (Å²) in [4.78, 5) is 40.2. The van der Waals surface area contributed by atoms with E-state index in [2.05, 4.69) is 10.2 Å². The van der Waals surface area contributed by atoms with Crippen LogP contribution in [0.2, 0.25) is 10.0 Å². The van der Waals surface area contributed by atoms with E-state index in [0.29, 0.717) is 50.4 Å². The molecule has 2 N–H and O–H groups in total. The average molecular weight is 966 g/mol. The van der Waals surface area contributed by atoms with Crippen LogP contribution in [0.15, 0.2) is 70.3 Å². The number of piperazine rings is 2. The highest BCUT2D eigenvalue weighted by molar-refractivity contribution is 7.88. The lowest BCUT2D eigenvalue weighted by Gasteiger charge is -2.36. The van der Waals surface area contributed by atoms with Gasteiger partial charge in [0.15, 0.2) is 24.0 Å². The van der Waals surface area contributed by atoms with E-state index in [1.54, 1.807) is 41.3 Å². The van der Waals surface area contributed by atoms with Crippen molar-refractivity contribution in [3.05, 3.63) is 113 Å². The van der Waals surface area contributed by atoms with Crippen LogP contribution in [0.3, 0.4) is 0 Å². The molecule has 2 aromatic carbocycles. The first kappa shape index (κ1) is 47.3. The van der Waals surface area contributed by atoms with E-state index < -0.39 is 54.4 Å². The highest BCUT2D eigenvalue weighted by atomic mass is 35.5. The standard InChI is InChI=1S/C20H24ClN5O6S.C20H26ClN5O4S/c21-17-18(19(26(28)29)22-25(20(17)27)16-8-4-5-13-32-16)23-9-11-24(12-10-23)33(30,31)14-15-6-2-1-3-7-15;21-17-18(19(22)23-26(20(17)27)16-8-4-5-13-30-16)24-9-11-25(12-10-24)31(28,29)14-15-6-2-1-3-7-15/h1-3,6-7,16H,4-5,8-14H2;1-3,6-7,16H,4-5,8-14H2,(H2,22,23). The molecule has 2 unspecified atom stereocenters. The Hall–Kier alpha value is -4.68. The maximum Gasteiger partial charge on any atom is 0.413 e. The minimum Gasteiger partial charge on any atom is -0.380 e. The molecule has 346 valence electrons. The molecule has 24 heteroatoms. The fourth-order valence-electron chi connectivity index (χ4n) is 8.08. The predicted octanol–water partition coefficient (Wildman–Crippen LogP) is 3.99. The molecule has 4 aromatic rings. The van der Waals surface area contributed by atoms with Gasteiger partial charge < -0.3 is 35.1 Å². The normalized spacial score (nSPS) is 20.3. The summed E-state index contributed by atoms with van der Waals surface area (Å²) >= 11 is 12.7. The molecule has 0 bridgehead atoms. The highest BCUT2D eigenvalue weighted by Crippen LogP contribution is 2.35. The first-order valence-corrected chi connectivity index (χ1v) is 24.9. The highest BCUT2D eigenvalue weighted by Gasteiger charge is 2.36. The molecule has 0 saturated carbocycles. The number of hydrogen-bond donors (Lipinski definition) is 1. The second-order valence-corrected chi connectivity index (χ2v) is 20.4. The Morgan fingerprint density at radius 2 is 1.05 bits per heavy atom. The molecule has 0 radical (unpaired) electrons. The molecular weight excluding hydrogens is 916 g/mol. The lowest BCUT2D eigenvalue weighted by Crippen LogP contribution is -2.49. The van der Waals surface area contributed by atoms with E-state index in [9.17, 15) is 36.5 Å². The summed E-state index contributed by atoms with van der Waals surface area (Å²) in [6.07, 6.45) is 3.58. The maximum absolute atomic E-state index is 12.9. The molecule has 4 aliphatic heterocycles. The van der Waals surface area contributed by atoms with Crippen molar-refractivity contribution in [3.63, 3.8) is 0 Å². The summed E-state index contributed by atoms with van der Waals surface area (Å²) in [6, 6.07) is 17.9. The van der Waals surface area contributed by atoms with E-state index in [4.69, 9.17) is 38.4 Å². The Morgan fingerprint density at radius 1 is 0.641 bits per heavy atom. The maximum atomic E-state index is 12.9. The van der Waals surface area contributed by atoms with Crippen LogP contribution in [-0.4, -0.2) is 116 Å². The zero-order chi connectivity index (χ0) is 45.6. The molecule has 2 atom stereocenters. The van der Waals surface area contributed by atoms with E-state index in [0.717, 1.165) is 35.9 Å². The van der Waals surface area contributed by atoms with Gasteiger partial charge in [0.1, 0.15) is 15.7 Å². The smallest absolute Gasteiger partial charge is 0.380 e. The summed E-state index contributed by atoms with van der Waals surface area (Å²) in [6.45, 7) is 2.78. The zero-order valence-corrected chi connectivity index (χ0v) is 38.1. The monoisotopic (exact) mass is 964 g/mol. The number of nitro groups is 1. The van der Waals surface area contributed by atoms with Crippen LogP contribution < -0.4 is 26.7 Å². The Balaban J connectivity index is 0.000000192. The third-order valence-corrected chi connectivity index (χ3v) is 15.8. The fraction of sp³-hybridized carbons (Fsp3) is 0.500. The van der Waals surface area contributed by atoms with Crippen molar-refractivity contribution in [2.45, 2.75) is 62.5 Å². The molecule has 0 aliphatic carbocycles. The number of benzene rings is 2. The molecule has 6 heterocycles. The van der Waals surface area contributed by atoms with Crippen molar-refractivity contribution >= 4 is 66.3 Å². The molecule has 64 heavy (non-hydrogen) atoms. The van der Waals surface area contributed by atoms with Crippen LogP contribution in [-0.2, 0) is 41.0 Å². The Bertz CT molecular complexity index is 2620. The Labute approximate surface area is 380 Å². The summed E-state index contributed by atoms with van der Waals surface area (Å²) in [5, 5.41) is 19.7. The molecule has 4 saturated heterocycles. The minimum absolute atomic E-state index is 0.0118. The van der Waals surface area contributed by atoms with Gasteiger partial charge in [0, 0.05) is 65.6 Å². The number of nitrogens with zero attached hydrogens (tertiary/aromatic N) is 9. The number of anilines is 3. The van der Waals surface area contributed by atoms with Gasteiger partial charge in [-0.2, -0.15) is 13.3 Å². The zero-order valence-electron chi connectivity index (χ0n) is 34.9. The second kappa shape index (κ2) is 20.7. The van der Waals surface area contributed by atoms with Crippen LogP contribution >= 0.6 is 23.2 Å². The SMILES string of the molecule is Nc1nn(C2CCCCO2)c(=O)c(Cl)c1N1CCN(S(=O)(=O)Cc2ccccc2)CC1.O=c1c(Cl)c(N2CCN(S(=O)(=O)Cc3ccccc3)CC2)c([N+](=O)[O-])nn1C1CCCCO1. The van der Waals surface area contributed by atoms with Crippen LogP contribution in [0.25, 0.3) is 0 Å². The van der Waals surface area contributed by atoms with E-state index >= 15 is 0 Å². The fourth-order valence-corrected chi connectivity index (χ4v) is 11.7. The number of sulfonamides is 2. The third-order valence-electron chi connectivity index (χ3n) is 11.4. The number of aromatic nitrogens is 4. The molecule has 4 fully saturated rings. The quantitative estimate of drug-likeness (QED) is 0.165. The summed E-state index contributed by atoms with van der Waals surface area (Å²) in [7, 11) is -7.01. The number of nitrogen functional groups attached to an aromatic ring is 1. The van der Waals surface area contributed by atoms with Crippen molar-refractivity contribution in [1.82, 2.24) is 28.2 Å². The average Bonchev–Trinajstić information content (AvgIpc) is 3.30. The van der Waals surface area contributed by atoms with Crippen molar-refractivity contribution in [2.24, 2.45) is 0 Å². The van der Waals surface area contributed by atoms with Gasteiger partial charge in [-0.05, 0) is 54.6 Å². The summed E-state index contributed by atoms with van der Waals surface area (Å²) in [5.74, 6) is -0.586. The first-order chi connectivity index (χ1) is 30.6. The lowest BCUT2D eigenvalue weighted by molar-refractivity contribution is -0.390. The van der Waals surface area contributed by atoms with E-state index in [1.807, 2.05) is 29.2 Å². The van der Waals surface area contributed by atoms with E-state index in [-0.39, 0.29) is 72.3 Å². The molecule has 4 aliphatic rings. The number of rotatable bonds is 11. The first-order valence-electron chi connectivity index (χ1n) is 21.0. The van der Waals surface area contributed by atoms with Crippen LogP contribution in [0.1, 0.15) is 62.1 Å². The minimum atomic E-state index is -3.57. The van der Waals surface area contributed by atoms with Gasteiger partial charge in [-0.15, -0.1) is 9.78 Å². The number of ether oxygens (including phenoxy) is 2. The summed E-state index contributed by atoms with van der Waals surface area (Å²) < 4.78 is 67.4. The van der Waals surface area contributed by atoms with Crippen molar-refractivity contribution < 1.29 is 31.2 Å². The number of nitrogens with two attached hydrogens (primary N) is 1. The van der Waals surface area contributed by atoms with E-state index in [1.165, 1.54) is 13.3 Å². The van der Waals surface area contributed by atoms with Gasteiger partial charge in [0.05, 0.1) is 16.6 Å². The van der Waals surface area contributed by atoms with Gasteiger partial charge in [-0.3, -0.25) is 9.59 Å². The number of halogens is 2. The van der Waals surface area contributed by atoms with Crippen molar-refractivity contribution in [3.8, 4) is 0 Å². The molecular formula is C40H50Cl2N10O10S2. The molecule has 20 nitrogen and oxygen atoms in total. The number of hydrogen-bond acceptors (Lipinski definition) is 15. The van der Waals surface area contributed by atoms with Gasteiger partial charge in [0.25, 0.3) is 5.56 Å². The Morgan fingerprint density at radius 3 is 1.45 bits per heavy atom. The van der Waals surface area contributed by atoms with Crippen LogP contribution in [0.5, 0.6) is 0 Å². The second-order valence-electron chi connectivity index (χ2n) is 15.7. The van der Waals surface area contributed by atoms with Crippen molar-refractivity contribution in [1.29, 1.82) is 0 Å². The Kier molecular flexibility index (Phi) is 15.3. The van der Waals surface area contributed by atoms with Crippen molar-refractivity contribution in [2.75, 3.05) is 81.1 Å².